The highest BCUT2D eigenvalue weighted by molar-refractivity contribution is 5.73. The van der Waals surface area contributed by atoms with E-state index < -0.39 is 0 Å². The first kappa shape index (κ1) is 15.8. The van der Waals surface area contributed by atoms with E-state index in [2.05, 4.69) is 15.6 Å². The van der Waals surface area contributed by atoms with E-state index in [0.717, 1.165) is 22.6 Å². The largest absolute Gasteiger partial charge is 0.443 e. The van der Waals surface area contributed by atoms with E-state index in [1.54, 1.807) is 0 Å². The molecule has 24 heavy (non-hydrogen) atoms. The number of nitrogens with zero attached hydrogens (tertiary/aromatic N) is 1. The van der Waals surface area contributed by atoms with Gasteiger partial charge in [-0.1, -0.05) is 60.7 Å². The maximum Gasteiger partial charge on any atom is 0.315 e. The standard InChI is InChI=1S/C19H19N3O2/c1-14-18(16-10-6-3-7-11-16)22-17(24-14)13-21-19(23)20-12-15-8-4-2-5-9-15/h2-11H,12-13H2,1H3,(H2,20,21,23). The lowest BCUT2D eigenvalue weighted by molar-refractivity contribution is 0.239. The number of hydrogen-bond donors (Lipinski definition) is 2. The Labute approximate surface area is 140 Å². The van der Waals surface area contributed by atoms with Crippen LogP contribution in [0.2, 0.25) is 0 Å². The number of amides is 2. The number of hydrogen-bond acceptors (Lipinski definition) is 3. The molecule has 5 nitrogen and oxygen atoms in total. The molecular weight excluding hydrogens is 302 g/mol. The van der Waals surface area contributed by atoms with Gasteiger partial charge in [-0.25, -0.2) is 9.78 Å². The third kappa shape index (κ3) is 4.01. The summed E-state index contributed by atoms with van der Waals surface area (Å²) in [6.07, 6.45) is 0. The van der Waals surface area contributed by atoms with Gasteiger partial charge in [-0.2, -0.15) is 0 Å². The SMILES string of the molecule is Cc1oc(CNC(=O)NCc2ccccc2)nc1-c1ccccc1. The maximum atomic E-state index is 11.9. The van der Waals surface area contributed by atoms with Crippen LogP contribution in [0.3, 0.4) is 0 Å². The Kier molecular flexibility index (Phi) is 4.91. The van der Waals surface area contributed by atoms with Crippen molar-refractivity contribution in [3.8, 4) is 11.3 Å². The van der Waals surface area contributed by atoms with Crippen molar-refractivity contribution in [2.75, 3.05) is 0 Å². The second-order valence-electron chi connectivity index (χ2n) is 5.40. The van der Waals surface area contributed by atoms with E-state index in [1.807, 2.05) is 67.6 Å². The van der Waals surface area contributed by atoms with Crippen LogP contribution in [-0.4, -0.2) is 11.0 Å². The molecule has 0 saturated heterocycles. The molecular formula is C19H19N3O2. The molecule has 5 heteroatoms. The zero-order valence-electron chi connectivity index (χ0n) is 13.5. The van der Waals surface area contributed by atoms with Crippen LogP contribution in [0.1, 0.15) is 17.2 Å². The number of oxazole rings is 1. The van der Waals surface area contributed by atoms with Gasteiger partial charge in [0.25, 0.3) is 0 Å². The number of carbonyl (C=O) groups excluding carboxylic acids is 1. The van der Waals surface area contributed by atoms with Crippen molar-refractivity contribution in [2.24, 2.45) is 0 Å². The first-order chi connectivity index (χ1) is 11.7. The zero-order chi connectivity index (χ0) is 16.8. The second kappa shape index (κ2) is 7.46. The fourth-order valence-corrected chi connectivity index (χ4v) is 2.39. The molecule has 2 N–H and O–H groups in total. The van der Waals surface area contributed by atoms with Crippen molar-refractivity contribution in [3.63, 3.8) is 0 Å². The van der Waals surface area contributed by atoms with Gasteiger partial charge in [0.15, 0.2) is 0 Å². The molecule has 0 saturated carbocycles. The summed E-state index contributed by atoms with van der Waals surface area (Å²) in [6.45, 7) is 2.59. The second-order valence-corrected chi connectivity index (χ2v) is 5.40. The minimum atomic E-state index is -0.254. The van der Waals surface area contributed by atoms with E-state index in [0.29, 0.717) is 12.4 Å². The molecule has 0 aliphatic rings. The summed E-state index contributed by atoms with van der Waals surface area (Å²) >= 11 is 0. The predicted molar refractivity (Wildman–Crippen MR) is 92.2 cm³/mol. The molecule has 0 aliphatic carbocycles. The number of urea groups is 1. The van der Waals surface area contributed by atoms with Gasteiger partial charge in [-0.05, 0) is 12.5 Å². The van der Waals surface area contributed by atoms with Crippen LogP contribution in [0.4, 0.5) is 4.79 Å². The fraction of sp³-hybridized carbons (Fsp3) is 0.158. The van der Waals surface area contributed by atoms with Crippen LogP contribution in [-0.2, 0) is 13.1 Å². The summed E-state index contributed by atoms with van der Waals surface area (Å²) in [4.78, 5) is 16.3. The van der Waals surface area contributed by atoms with Gasteiger partial charge in [0, 0.05) is 12.1 Å². The van der Waals surface area contributed by atoms with Gasteiger partial charge in [0.2, 0.25) is 5.89 Å². The van der Waals surface area contributed by atoms with Crippen LogP contribution in [0, 0.1) is 6.92 Å². The molecule has 2 aromatic carbocycles. The lowest BCUT2D eigenvalue weighted by atomic mass is 10.1. The highest BCUT2D eigenvalue weighted by atomic mass is 16.4. The lowest BCUT2D eigenvalue weighted by Crippen LogP contribution is -2.34. The third-order valence-electron chi connectivity index (χ3n) is 3.58. The highest BCUT2D eigenvalue weighted by Gasteiger charge is 2.12. The average molecular weight is 321 g/mol. The molecule has 1 heterocycles. The predicted octanol–water partition coefficient (Wildman–Crippen LogP) is 3.65. The topological polar surface area (TPSA) is 67.2 Å². The Morgan fingerprint density at radius 1 is 0.958 bits per heavy atom. The summed E-state index contributed by atoms with van der Waals surface area (Å²) in [7, 11) is 0. The summed E-state index contributed by atoms with van der Waals surface area (Å²) in [5.74, 6) is 1.23. The molecule has 0 radical (unpaired) electrons. The summed E-state index contributed by atoms with van der Waals surface area (Å²) < 4.78 is 5.63. The first-order valence-electron chi connectivity index (χ1n) is 7.80. The Balaban J connectivity index is 1.54. The average Bonchev–Trinajstić information content (AvgIpc) is 3.00. The lowest BCUT2D eigenvalue weighted by Gasteiger charge is -2.05. The minimum absolute atomic E-state index is 0.244. The highest BCUT2D eigenvalue weighted by Crippen LogP contribution is 2.22. The Morgan fingerprint density at radius 3 is 2.29 bits per heavy atom. The summed E-state index contributed by atoms with van der Waals surface area (Å²) in [5, 5.41) is 5.56. The Morgan fingerprint density at radius 2 is 1.58 bits per heavy atom. The van der Waals surface area contributed by atoms with E-state index in [1.165, 1.54) is 0 Å². The van der Waals surface area contributed by atoms with Gasteiger partial charge in [0.1, 0.15) is 11.5 Å². The number of aryl methyl sites for hydroxylation is 1. The molecule has 0 bridgehead atoms. The molecule has 122 valence electrons. The summed E-state index contributed by atoms with van der Waals surface area (Å²) in [5.41, 5.74) is 2.85. The van der Waals surface area contributed by atoms with Crippen molar-refractivity contribution < 1.29 is 9.21 Å². The normalized spacial score (nSPS) is 10.4. The monoisotopic (exact) mass is 321 g/mol. The molecule has 3 rings (SSSR count). The quantitative estimate of drug-likeness (QED) is 0.754. The maximum absolute atomic E-state index is 11.9. The minimum Gasteiger partial charge on any atom is -0.443 e. The first-order valence-corrected chi connectivity index (χ1v) is 7.80. The fourth-order valence-electron chi connectivity index (χ4n) is 2.39. The third-order valence-corrected chi connectivity index (χ3v) is 3.58. The van der Waals surface area contributed by atoms with Crippen LogP contribution in [0.5, 0.6) is 0 Å². The molecule has 0 atom stereocenters. The van der Waals surface area contributed by atoms with Gasteiger partial charge in [-0.15, -0.1) is 0 Å². The Bertz CT molecular complexity index is 798. The molecule has 0 unspecified atom stereocenters. The van der Waals surface area contributed by atoms with E-state index >= 15 is 0 Å². The van der Waals surface area contributed by atoms with E-state index in [-0.39, 0.29) is 12.6 Å². The number of carbonyl (C=O) groups is 1. The smallest absolute Gasteiger partial charge is 0.315 e. The number of rotatable bonds is 5. The van der Waals surface area contributed by atoms with Crippen LogP contribution in [0.15, 0.2) is 65.1 Å². The van der Waals surface area contributed by atoms with Crippen LogP contribution >= 0.6 is 0 Å². The molecule has 3 aromatic rings. The van der Waals surface area contributed by atoms with Crippen molar-refractivity contribution in [1.29, 1.82) is 0 Å². The number of aromatic nitrogens is 1. The van der Waals surface area contributed by atoms with E-state index in [9.17, 15) is 4.79 Å². The van der Waals surface area contributed by atoms with Crippen molar-refractivity contribution >= 4 is 6.03 Å². The van der Waals surface area contributed by atoms with Crippen molar-refractivity contribution in [2.45, 2.75) is 20.0 Å². The number of nitrogens with one attached hydrogen (secondary N) is 2. The van der Waals surface area contributed by atoms with Crippen LogP contribution in [0.25, 0.3) is 11.3 Å². The van der Waals surface area contributed by atoms with Gasteiger partial charge >= 0.3 is 6.03 Å². The van der Waals surface area contributed by atoms with Crippen molar-refractivity contribution in [1.82, 2.24) is 15.6 Å². The van der Waals surface area contributed by atoms with Crippen LogP contribution < -0.4 is 10.6 Å². The van der Waals surface area contributed by atoms with Gasteiger partial charge in [0.05, 0.1) is 6.54 Å². The molecule has 0 aliphatic heterocycles. The summed E-state index contributed by atoms with van der Waals surface area (Å²) in [6, 6.07) is 19.3. The molecule has 1 aromatic heterocycles. The molecule has 2 amide bonds. The van der Waals surface area contributed by atoms with Gasteiger partial charge < -0.3 is 15.1 Å². The van der Waals surface area contributed by atoms with Gasteiger partial charge in [-0.3, -0.25) is 0 Å². The van der Waals surface area contributed by atoms with Crippen molar-refractivity contribution in [3.05, 3.63) is 77.9 Å². The molecule has 0 spiro atoms. The number of benzene rings is 2. The molecule has 0 fully saturated rings. The van der Waals surface area contributed by atoms with E-state index in [4.69, 9.17) is 4.42 Å². The Hall–Kier alpha value is -3.08. The zero-order valence-corrected chi connectivity index (χ0v) is 13.5.